The summed E-state index contributed by atoms with van der Waals surface area (Å²) in [6.07, 6.45) is 0.272. The highest BCUT2D eigenvalue weighted by molar-refractivity contribution is 7.19. The van der Waals surface area contributed by atoms with Crippen molar-refractivity contribution in [3.63, 3.8) is 0 Å². The zero-order valence-electron chi connectivity index (χ0n) is 8.41. The molecule has 84 valence electrons. The highest BCUT2D eigenvalue weighted by Gasteiger charge is 2.13. The van der Waals surface area contributed by atoms with Gasteiger partial charge in [-0.25, -0.2) is 4.98 Å². The molecule has 0 saturated carbocycles. The molecule has 2 N–H and O–H groups in total. The van der Waals surface area contributed by atoms with Crippen molar-refractivity contribution in [3.8, 4) is 10.4 Å². The van der Waals surface area contributed by atoms with Gasteiger partial charge >= 0.3 is 0 Å². The fourth-order valence-electron chi connectivity index (χ4n) is 1.48. The first kappa shape index (κ1) is 11.4. The Morgan fingerprint density at radius 2 is 2.12 bits per heavy atom. The first-order chi connectivity index (χ1) is 7.72. The Labute approximate surface area is 102 Å². The molecule has 0 bridgehead atoms. The largest absolute Gasteiger partial charge is 0.375 e. The normalized spacial score (nSPS) is 10.6. The second kappa shape index (κ2) is 4.80. The third kappa shape index (κ3) is 2.18. The highest BCUT2D eigenvalue weighted by Crippen LogP contribution is 2.36. The topological polar surface area (TPSA) is 38.9 Å². The molecule has 0 spiro atoms. The Kier molecular flexibility index (Phi) is 3.41. The van der Waals surface area contributed by atoms with E-state index in [1.807, 2.05) is 18.2 Å². The van der Waals surface area contributed by atoms with E-state index in [4.69, 9.17) is 17.3 Å². The zero-order valence-corrected chi connectivity index (χ0v) is 9.98. The van der Waals surface area contributed by atoms with Crippen molar-refractivity contribution in [2.45, 2.75) is 6.42 Å². The lowest BCUT2D eigenvalue weighted by atomic mass is 10.1. The molecular weight excluding hydrogens is 247 g/mol. The van der Waals surface area contributed by atoms with E-state index >= 15 is 0 Å². The minimum atomic E-state index is -0.444. The number of anilines is 1. The van der Waals surface area contributed by atoms with Gasteiger partial charge in [-0.1, -0.05) is 41.1 Å². The van der Waals surface area contributed by atoms with E-state index in [0.29, 0.717) is 15.8 Å². The molecule has 0 amide bonds. The average molecular weight is 257 g/mol. The Hall–Kier alpha value is -1.13. The van der Waals surface area contributed by atoms with Gasteiger partial charge in [-0.3, -0.25) is 4.39 Å². The molecule has 5 heteroatoms. The predicted molar refractivity (Wildman–Crippen MR) is 66.7 cm³/mol. The number of benzene rings is 1. The van der Waals surface area contributed by atoms with Crippen LogP contribution in [0.5, 0.6) is 0 Å². The van der Waals surface area contributed by atoms with E-state index in [1.165, 1.54) is 11.3 Å². The molecule has 0 aliphatic rings. The van der Waals surface area contributed by atoms with Crippen molar-refractivity contribution in [3.05, 3.63) is 35.0 Å². The number of rotatable bonds is 3. The van der Waals surface area contributed by atoms with E-state index in [-0.39, 0.29) is 6.42 Å². The minimum Gasteiger partial charge on any atom is -0.375 e. The number of thiazole rings is 1. The molecule has 0 fully saturated rings. The maximum Gasteiger partial charge on any atom is 0.180 e. The lowest BCUT2D eigenvalue weighted by Crippen LogP contribution is -1.91. The van der Waals surface area contributed by atoms with Gasteiger partial charge in [-0.15, -0.1) is 0 Å². The zero-order chi connectivity index (χ0) is 11.5. The molecule has 0 saturated heterocycles. The van der Waals surface area contributed by atoms with E-state index in [0.717, 1.165) is 10.4 Å². The summed E-state index contributed by atoms with van der Waals surface area (Å²) in [5.41, 5.74) is 7.18. The van der Waals surface area contributed by atoms with Gasteiger partial charge in [-0.2, -0.15) is 0 Å². The van der Waals surface area contributed by atoms with Crippen molar-refractivity contribution >= 4 is 28.1 Å². The predicted octanol–water partition coefficient (Wildman–Crippen LogP) is 3.56. The first-order valence-electron chi connectivity index (χ1n) is 4.78. The molecule has 1 heterocycles. The summed E-state index contributed by atoms with van der Waals surface area (Å²) < 4.78 is 12.4. The number of nitrogen functional groups attached to an aromatic ring is 1. The van der Waals surface area contributed by atoms with Gasteiger partial charge in [0.15, 0.2) is 5.13 Å². The average Bonchev–Trinajstić information content (AvgIpc) is 2.61. The van der Waals surface area contributed by atoms with Crippen LogP contribution in [0.2, 0.25) is 5.02 Å². The van der Waals surface area contributed by atoms with Crippen molar-refractivity contribution < 1.29 is 4.39 Å². The lowest BCUT2D eigenvalue weighted by molar-refractivity contribution is 0.493. The van der Waals surface area contributed by atoms with Gasteiger partial charge in [0.1, 0.15) is 0 Å². The summed E-state index contributed by atoms with van der Waals surface area (Å²) in [4.78, 5) is 4.98. The number of hydrogen-bond acceptors (Lipinski definition) is 3. The third-order valence-electron chi connectivity index (χ3n) is 2.16. The van der Waals surface area contributed by atoms with Gasteiger partial charge < -0.3 is 5.73 Å². The molecule has 1 aromatic heterocycles. The Morgan fingerprint density at radius 1 is 1.38 bits per heavy atom. The molecule has 2 nitrogen and oxygen atoms in total. The molecule has 0 atom stereocenters. The number of aryl methyl sites for hydroxylation is 1. The molecule has 16 heavy (non-hydrogen) atoms. The van der Waals surface area contributed by atoms with Gasteiger partial charge in [0.2, 0.25) is 0 Å². The fourth-order valence-corrected chi connectivity index (χ4v) is 2.69. The van der Waals surface area contributed by atoms with Crippen LogP contribution in [-0.4, -0.2) is 11.7 Å². The summed E-state index contributed by atoms with van der Waals surface area (Å²) in [7, 11) is 0. The molecule has 0 radical (unpaired) electrons. The quantitative estimate of drug-likeness (QED) is 0.912. The first-order valence-corrected chi connectivity index (χ1v) is 5.98. The number of hydrogen-bond donors (Lipinski definition) is 1. The van der Waals surface area contributed by atoms with Gasteiger partial charge in [0.05, 0.1) is 17.2 Å². The van der Waals surface area contributed by atoms with Crippen LogP contribution >= 0.6 is 22.9 Å². The summed E-state index contributed by atoms with van der Waals surface area (Å²) in [5, 5.41) is 1.07. The Bertz CT molecular complexity index is 498. The number of aromatic nitrogens is 1. The molecule has 0 unspecified atom stereocenters. The Balaban J connectivity index is 2.51. The minimum absolute atomic E-state index is 0.272. The van der Waals surface area contributed by atoms with Crippen LogP contribution in [-0.2, 0) is 6.42 Å². The van der Waals surface area contributed by atoms with Crippen molar-refractivity contribution in [2.75, 3.05) is 12.4 Å². The standard InChI is InChI=1S/C11H10ClFN2S/c12-8-4-2-1-3-7(8)10-9(5-6-13)15-11(14)16-10/h1-4H,5-6H2,(H2,14,15). The Morgan fingerprint density at radius 3 is 2.81 bits per heavy atom. The molecular formula is C11H10ClFN2S. The van der Waals surface area contributed by atoms with Crippen LogP contribution in [0.3, 0.4) is 0 Å². The number of alkyl halides is 1. The van der Waals surface area contributed by atoms with Crippen molar-refractivity contribution in [1.82, 2.24) is 4.98 Å². The third-order valence-corrected chi connectivity index (χ3v) is 3.45. The molecule has 0 aliphatic heterocycles. The van der Waals surface area contributed by atoms with Gasteiger partial charge in [-0.05, 0) is 6.07 Å². The van der Waals surface area contributed by atoms with Crippen molar-refractivity contribution in [1.29, 1.82) is 0 Å². The summed E-state index contributed by atoms with van der Waals surface area (Å²) in [5.74, 6) is 0. The highest BCUT2D eigenvalue weighted by atomic mass is 35.5. The molecule has 2 aromatic rings. The SMILES string of the molecule is Nc1nc(CCF)c(-c2ccccc2Cl)s1. The lowest BCUT2D eigenvalue weighted by Gasteiger charge is -2.02. The smallest absolute Gasteiger partial charge is 0.180 e. The maximum atomic E-state index is 12.4. The maximum absolute atomic E-state index is 12.4. The number of nitrogens with two attached hydrogens (primary N) is 1. The van der Waals surface area contributed by atoms with E-state index < -0.39 is 6.67 Å². The van der Waals surface area contributed by atoms with Gasteiger partial charge in [0.25, 0.3) is 0 Å². The van der Waals surface area contributed by atoms with Crippen LogP contribution in [0.1, 0.15) is 5.69 Å². The fraction of sp³-hybridized carbons (Fsp3) is 0.182. The summed E-state index contributed by atoms with van der Waals surface area (Å²) >= 11 is 7.42. The van der Waals surface area contributed by atoms with Crippen LogP contribution in [0.15, 0.2) is 24.3 Å². The monoisotopic (exact) mass is 256 g/mol. The molecule has 0 aliphatic carbocycles. The molecule has 2 rings (SSSR count). The van der Waals surface area contributed by atoms with Crippen molar-refractivity contribution in [2.24, 2.45) is 0 Å². The second-order valence-electron chi connectivity index (χ2n) is 3.25. The van der Waals surface area contributed by atoms with Crippen LogP contribution in [0, 0.1) is 0 Å². The molecule has 1 aromatic carbocycles. The summed E-state index contributed by atoms with van der Waals surface area (Å²) in [6.45, 7) is -0.444. The van der Waals surface area contributed by atoms with Gasteiger partial charge in [0, 0.05) is 17.0 Å². The van der Waals surface area contributed by atoms with E-state index in [1.54, 1.807) is 6.07 Å². The number of nitrogens with zero attached hydrogens (tertiary/aromatic N) is 1. The van der Waals surface area contributed by atoms with Crippen LogP contribution < -0.4 is 5.73 Å². The second-order valence-corrected chi connectivity index (χ2v) is 4.68. The van der Waals surface area contributed by atoms with Crippen LogP contribution in [0.4, 0.5) is 9.52 Å². The van der Waals surface area contributed by atoms with Crippen LogP contribution in [0.25, 0.3) is 10.4 Å². The van der Waals surface area contributed by atoms with E-state index in [2.05, 4.69) is 4.98 Å². The summed E-state index contributed by atoms with van der Waals surface area (Å²) in [6, 6.07) is 7.42. The van der Waals surface area contributed by atoms with E-state index in [9.17, 15) is 4.39 Å². The number of halogens is 2.